The van der Waals surface area contributed by atoms with E-state index in [1.165, 1.54) is 12.1 Å². The first-order valence-electron chi connectivity index (χ1n) is 8.48. The van der Waals surface area contributed by atoms with Gasteiger partial charge in [-0.15, -0.1) is 0 Å². The number of nitrogens with zero attached hydrogens (tertiary/aromatic N) is 3. The van der Waals surface area contributed by atoms with Crippen LogP contribution in [0.4, 0.5) is 24.9 Å². The van der Waals surface area contributed by atoms with Gasteiger partial charge in [0.2, 0.25) is 5.95 Å². The predicted molar refractivity (Wildman–Crippen MR) is 96.3 cm³/mol. The molecule has 0 amide bonds. The third-order valence-electron chi connectivity index (χ3n) is 4.58. The van der Waals surface area contributed by atoms with Crippen LogP contribution in [0.1, 0.15) is 17.2 Å². The van der Waals surface area contributed by atoms with Crippen LogP contribution in [0.2, 0.25) is 0 Å². The highest BCUT2D eigenvalue weighted by Crippen LogP contribution is 2.32. The largest absolute Gasteiger partial charge is 0.416 e. The third-order valence-corrected chi connectivity index (χ3v) is 4.58. The van der Waals surface area contributed by atoms with Gasteiger partial charge in [-0.05, 0) is 29.8 Å². The van der Waals surface area contributed by atoms with Crippen LogP contribution in [0.15, 0.2) is 48.5 Å². The molecule has 1 aromatic heterocycles. The van der Waals surface area contributed by atoms with E-state index in [1.54, 1.807) is 0 Å². The van der Waals surface area contributed by atoms with Crippen molar-refractivity contribution >= 4 is 22.7 Å². The highest BCUT2D eigenvalue weighted by molar-refractivity contribution is 5.88. The van der Waals surface area contributed by atoms with Crippen molar-refractivity contribution in [1.29, 1.82) is 0 Å². The average Bonchev–Trinajstić information content (AvgIpc) is 2.67. The number of rotatable bonds is 2. The lowest BCUT2D eigenvalue weighted by Gasteiger charge is -2.33. The molecule has 2 N–H and O–H groups in total. The Morgan fingerprint density at radius 1 is 1.04 bits per heavy atom. The minimum atomic E-state index is -4.35. The molecule has 0 saturated carbocycles. The maximum absolute atomic E-state index is 12.7. The Bertz CT molecular complexity index is 959. The molecule has 5 nitrogen and oxygen atoms in total. The highest BCUT2D eigenvalue weighted by Gasteiger charge is 2.31. The summed E-state index contributed by atoms with van der Waals surface area (Å²) in [6, 6.07) is 12.5. The van der Waals surface area contributed by atoms with E-state index in [0.29, 0.717) is 37.0 Å². The Hall–Kier alpha value is -2.87. The molecule has 1 atom stereocenters. The van der Waals surface area contributed by atoms with Crippen LogP contribution in [-0.4, -0.2) is 29.7 Å². The van der Waals surface area contributed by atoms with Crippen LogP contribution in [0.25, 0.3) is 10.9 Å². The first-order chi connectivity index (χ1) is 12.9. The van der Waals surface area contributed by atoms with Gasteiger partial charge in [-0.25, -0.2) is 4.98 Å². The van der Waals surface area contributed by atoms with Crippen LogP contribution in [0.5, 0.6) is 0 Å². The van der Waals surface area contributed by atoms with E-state index in [2.05, 4.69) is 9.97 Å². The van der Waals surface area contributed by atoms with Gasteiger partial charge < -0.3 is 15.4 Å². The topological polar surface area (TPSA) is 64.3 Å². The average molecular weight is 374 g/mol. The molecule has 4 rings (SSSR count). The van der Waals surface area contributed by atoms with Crippen LogP contribution in [-0.2, 0) is 10.9 Å². The van der Waals surface area contributed by atoms with Crippen molar-refractivity contribution in [3.8, 4) is 0 Å². The minimum absolute atomic E-state index is 0.364. The molecule has 0 aliphatic carbocycles. The number of alkyl halides is 3. The van der Waals surface area contributed by atoms with E-state index in [-0.39, 0.29) is 6.10 Å². The molecule has 8 heteroatoms. The summed E-state index contributed by atoms with van der Waals surface area (Å²) < 4.78 is 44.0. The van der Waals surface area contributed by atoms with Crippen molar-refractivity contribution < 1.29 is 17.9 Å². The van der Waals surface area contributed by atoms with Gasteiger partial charge in [0.15, 0.2) is 0 Å². The molecular formula is C19H17F3N4O. The number of aromatic nitrogens is 2. The fourth-order valence-corrected chi connectivity index (χ4v) is 3.15. The third kappa shape index (κ3) is 3.52. The van der Waals surface area contributed by atoms with Crippen LogP contribution in [0, 0.1) is 0 Å². The van der Waals surface area contributed by atoms with Crippen molar-refractivity contribution in [3.05, 3.63) is 59.7 Å². The summed E-state index contributed by atoms with van der Waals surface area (Å²) in [5.74, 6) is 0.889. The van der Waals surface area contributed by atoms with Crippen molar-refractivity contribution in [2.24, 2.45) is 0 Å². The molecule has 27 heavy (non-hydrogen) atoms. The second-order valence-electron chi connectivity index (χ2n) is 6.35. The minimum Gasteiger partial charge on any atom is -0.383 e. The second-order valence-corrected chi connectivity index (χ2v) is 6.35. The number of para-hydroxylation sites is 1. The number of halogens is 3. The Labute approximate surface area is 153 Å². The lowest BCUT2D eigenvalue weighted by atomic mass is 10.1. The number of ether oxygens (including phenoxy) is 1. The number of hydrogen-bond acceptors (Lipinski definition) is 5. The maximum Gasteiger partial charge on any atom is 0.416 e. The number of anilines is 2. The van der Waals surface area contributed by atoms with E-state index in [1.807, 2.05) is 29.2 Å². The van der Waals surface area contributed by atoms with Crippen LogP contribution < -0.4 is 10.6 Å². The number of fused-ring (bicyclic) bond motifs is 1. The molecule has 3 aromatic rings. The summed E-state index contributed by atoms with van der Waals surface area (Å²) in [7, 11) is 0. The van der Waals surface area contributed by atoms with Gasteiger partial charge in [0.1, 0.15) is 11.9 Å². The highest BCUT2D eigenvalue weighted by atomic mass is 19.4. The number of benzene rings is 2. The van der Waals surface area contributed by atoms with E-state index < -0.39 is 11.7 Å². The Kier molecular flexibility index (Phi) is 4.35. The van der Waals surface area contributed by atoms with Crippen molar-refractivity contribution in [2.75, 3.05) is 30.3 Å². The van der Waals surface area contributed by atoms with Gasteiger partial charge in [-0.3, -0.25) is 0 Å². The number of nitrogens with two attached hydrogens (primary N) is 1. The monoisotopic (exact) mass is 374 g/mol. The molecule has 0 bridgehead atoms. The summed E-state index contributed by atoms with van der Waals surface area (Å²) in [6.45, 7) is 1.43. The van der Waals surface area contributed by atoms with Crippen molar-refractivity contribution in [2.45, 2.75) is 12.3 Å². The van der Waals surface area contributed by atoms with Gasteiger partial charge in [0, 0.05) is 11.9 Å². The maximum atomic E-state index is 12.7. The number of morpholine rings is 1. The Balaban J connectivity index is 1.58. The predicted octanol–water partition coefficient (Wildman–Crippen LogP) is 3.81. The fraction of sp³-hybridized carbons (Fsp3) is 0.263. The van der Waals surface area contributed by atoms with Gasteiger partial charge >= 0.3 is 6.18 Å². The zero-order valence-corrected chi connectivity index (χ0v) is 14.3. The normalized spacial score (nSPS) is 18.0. The van der Waals surface area contributed by atoms with Gasteiger partial charge in [-0.2, -0.15) is 18.2 Å². The number of nitrogen functional groups attached to an aromatic ring is 1. The molecule has 2 heterocycles. The molecular weight excluding hydrogens is 357 g/mol. The van der Waals surface area contributed by atoms with E-state index in [9.17, 15) is 13.2 Å². The van der Waals surface area contributed by atoms with E-state index >= 15 is 0 Å². The molecule has 1 saturated heterocycles. The van der Waals surface area contributed by atoms with Crippen molar-refractivity contribution in [3.63, 3.8) is 0 Å². The second kappa shape index (κ2) is 6.70. The summed E-state index contributed by atoms with van der Waals surface area (Å²) in [5, 5.41) is 0.786. The summed E-state index contributed by atoms with van der Waals surface area (Å²) in [6.07, 6.45) is -4.72. The Morgan fingerprint density at radius 3 is 2.52 bits per heavy atom. The van der Waals surface area contributed by atoms with Gasteiger partial charge in [0.05, 0.1) is 24.2 Å². The van der Waals surface area contributed by atoms with Crippen LogP contribution >= 0.6 is 0 Å². The van der Waals surface area contributed by atoms with E-state index in [0.717, 1.165) is 23.0 Å². The van der Waals surface area contributed by atoms with Gasteiger partial charge in [0.25, 0.3) is 0 Å². The Morgan fingerprint density at radius 2 is 1.78 bits per heavy atom. The van der Waals surface area contributed by atoms with E-state index in [4.69, 9.17) is 10.5 Å². The van der Waals surface area contributed by atoms with Gasteiger partial charge in [-0.1, -0.05) is 24.3 Å². The first-order valence-corrected chi connectivity index (χ1v) is 8.48. The zero-order chi connectivity index (χ0) is 19.0. The molecule has 1 aliphatic heterocycles. The summed E-state index contributed by atoms with van der Waals surface area (Å²) in [5.41, 5.74) is 6.80. The smallest absolute Gasteiger partial charge is 0.383 e. The first kappa shape index (κ1) is 17.5. The molecule has 2 aromatic carbocycles. The summed E-state index contributed by atoms with van der Waals surface area (Å²) in [4.78, 5) is 10.9. The standard InChI is InChI=1S/C19H17F3N4O/c20-19(21,22)13-7-5-12(6-8-13)16-11-26(9-10-27-16)18-24-15-4-2-1-3-14(15)17(23)25-18/h1-8,16H,9-11H2,(H2,23,24,25). The molecule has 1 fully saturated rings. The quantitative estimate of drug-likeness (QED) is 0.739. The summed E-state index contributed by atoms with van der Waals surface area (Å²) >= 11 is 0. The fourth-order valence-electron chi connectivity index (χ4n) is 3.15. The molecule has 1 unspecified atom stereocenters. The molecule has 0 radical (unpaired) electrons. The molecule has 140 valence electrons. The molecule has 1 aliphatic rings. The number of hydrogen-bond donors (Lipinski definition) is 1. The molecule has 0 spiro atoms. The van der Waals surface area contributed by atoms with Crippen molar-refractivity contribution in [1.82, 2.24) is 9.97 Å². The SMILES string of the molecule is Nc1nc(N2CCOC(c3ccc(C(F)(F)F)cc3)C2)nc2ccccc12. The van der Waals surface area contributed by atoms with Crippen LogP contribution in [0.3, 0.4) is 0 Å². The zero-order valence-electron chi connectivity index (χ0n) is 14.3. The lowest BCUT2D eigenvalue weighted by molar-refractivity contribution is -0.137. The lowest BCUT2D eigenvalue weighted by Crippen LogP contribution is -2.39.